The molecule has 1 aromatic carbocycles. The van der Waals surface area contributed by atoms with Crippen LogP contribution in [0.15, 0.2) is 36.2 Å². The number of rotatable bonds is 4. The molecule has 1 saturated heterocycles. The Hall–Kier alpha value is -2.17. The molecule has 3 aliphatic rings. The maximum absolute atomic E-state index is 13.7. The van der Waals surface area contributed by atoms with Crippen molar-refractivity contribution < 1.29 is 4.79 Å². The lowest BCUT2D eigenvalue weighted by atomic mass is 10.1. The van der Waals surface area contributed by atoms with Gasteiger partial charge in [-0.05, 0) is 43.4 Å². The molecule has 1 saturated carbocycles. The number of carbonyl (C=O) groups is 1. The van der Waals surface area contributed by atoms with Crippen LogP contribution >= 0.6 is 12.6 Å². The van der Waals surface area contributed by atoms with Crippen LogP contribution in [0.25, 0.3) is 0 Å². The molecule has 2 heterocycles. The lowest BCUT2D eigenvalue weighted by Gasteiger charge is -2.46. The molecule has 2 fully saturated rings. The van der Waals surface area contributed by atoms with Crippen LogP contribution in [0.2, 0.25) is 0 Å². The van der Waals surface area contributed by atoms with Crippen molar-refractivity contribution in [1.82, 2.24) is 14.7 Å². The third-order valence-electron chi connectivity index (χ3n) is 6.28. The summed E-state index contributed by atoms with van der Waals surface area (Å²) in [4.78, 5) is 19.7. The number of hydrogen-bond acceptors (Lipinski definition) is 5. The summed E-state index contributed by atoms with van der Waals surface area (Å²) in [5.41, 5.74) is 7.69. The summed E-state index contributed by atoms with van der Waals surface area (Å²) in [5.74, 6) is 0.882. The Morgan fingerprint density at radius 3 is 2.66 bits per heavy atom. The van der Waals surface area contributed by atoms with E-state index < -0.39 is 0 Å². The zero-order valence-corrected chi connectivity index (χ0v) is 17.6. The Morgan fingerprint density at radius 1 is 1.17 bits per heavy atom. The maximum atomic E-state index is 13.7. The average Bonchev–Trinajstić information content (AvgIpc) is 3.24. The molecule has 29 heavy (non-hydrogen) atoms. The SMILES string of the molecule is N#Cc1ccccc1CN1C(=O)N(C2CCCC2)[C@H](S)C=C1N1CCC[C@@H](N)C1. The molecule has 0 spiro atoms. The van der Waals surface area contributed by atoms with Gasteiger partial charge in [0, 0.05) is 25.2 Å². The van der Waals surface area contributed by atoms with E-state index in [0.717, 1.165) is 63.0 Å². The van der Waals surface area contributed by atoms with Gasteiger partial charge in [-0.25, -0.2) is 4.79 Å². The third-order valence-corrected chi connectivity index (χ3v) is 6.68. The number of amides is 2. The number of thiol groups is 1. The molecule has 0 aromatic heterocycles. The molecule has 1 aliphatic carbocycles. The predicted octanol–water partition coefficient (Wildman–Crippen LogP) is 3.26. The number of nitriles is 1. The lowest BCUT2D eigenvalue weighted by molar-refractivity contribution is 0.106. The van der Waals surface area contributed by atoms with Gasteiger partial charge in [-0.15, -0.1) is 0 Å². The highest BCUT2D eigenvalue weighted by molar-refractivity contribution is 7.81. The minimum Gasteiger partial charge on any atom is -0.357 e. The van der Waals surface area contributed by atoms with E-state index in [1.807, 2.05) is 28.0 Å². The molecule has 7 heteroatoms. The van der Waals surface area contributed by atoms with Gasteiger partial charge in [-0.2, -0.15) is 17.9 Å². The van der Waals surface area contributed by atoms with Gasteiger partial charge < -0.3 is 15.5 Å². The predicted molar refractivity (Wildman–Crippen MR) is 116 cm³/mol. The number of urea groups is 1. The fourth-order valence-corrected chi connectivity index (χ4v) is 5.21. The second-order valence-corrected chi connectivity index (χ2v) is 8.80. The summed E-state index contributed by atoms with van der Waals surface area (Å²) in [6, 6.07) is 10.1. The van der Waals surface area contributed by atoms with E-state index in [1.54, 1.807) is 6.07 Å². The van der Waals surface area contributed by atoms with E-state index in [9.17, 15) is 10.1 Å². The number of hydrogen-bond donors (Lipinski definition) is 2. The lowest BCUT2D eigenvalue weighted by Crippen LogP contribution is -2.57. The molecule has 0 radical (unpaired) electrons. The number of carbonyl (C=O) groups excluding carboxylic acids is 1. The Morgan fingerprint density at radius 2 is 1.93 bits per heavy atom. The first-order valence-corrected chi connectivity index (χ1v) is 11.1. The van der Waals surface area contributed by atoms with Gasteiger partial charge >= 0.3 is 6.03 Å². The van der Waals surface area contributed by atoms with Crippen LogP contribution in [-0.4, -0.2) is 51.3 Å². The molecule has 2 amide bonds. The van der Waals surface area contributed by atoms with E-state index in [-0.39, 0.29) is 23.5 Å². The van der Waals surface area contributed by atoms with Crippen molar-refractivity contribution in [2.45, 2.75) is 62.5 Å². The number of nitrogens with zero attached hydrogens (tertiary/aromatic N) is 4. The van der Waals surface area contributed by atoms with Crippen LogP contribution in [0.1, 0.15) is 49.7 Å². The topological polar surface area (TPSA) is 76.6 Å². The van der Waals surface area contributed by atoms with Gasteiger partial charge in [0.2, 0.25) is 0 Å². The number of benzene rings is 1. The zero-order chi connectivity index (χ0) is 20.4. The van der Waals surface area contributed by atoms with Crippen LogP contribution < -0.4 is 5.73 Å². The van der Waals surface area contributed by atoms with E-state index in [2.05, 4.69) is 17.0 Å². The van der Waals surface area contributed by atoms with Crippen molar-refractivity contribution in [2.24, 2.45) is 5.73 Å². The first-order valence-electron chi connectivity index (χ1n) is 10.6. The quantitative estimate of drug-likeness (QED) is 0.746. The van der Waals surface area contributed by atoms with Crippen LogP contribution in [0, 0.1) is 11.3 Å². The van der Waals surface area contributed by atoms with E-state index in [1.165, 1.54) is 0 Å². The summed E-state index contributed by atoms with van der Waals surface area (Å²) in [6.07, 6.45) is 8.49. The molecular formula is C22H29N5OS. The minimum atomic E-state index is -0.235. The molecule has 6 nitrogen and oxygen atoms in total. The highest BCUT2D eigenvalue weighted by Gasteiger charge is 2.40. The van der Waals surface area contributed by atoms with Gasteiger partial charge in [-0.1, -0.05) is 31.0 Å². The third kappa shape index (κ3) is 4.10. The van der Waals surface area contributed by atoms with Gasteiger partial charge in [-0.3, -0.25) is 4.90 Å². The second kappa shape index (κ2) is 8.68. The molecule has 1 aromatic rings. The van der Waals surface area contributed by atoms with Gasteiger partial charge in [0.1, 0.15) is 5.82 Å². The highest BCUT2D eigenvalue weighted by Crippen LogP contribution is 2.34. The van der Waals surface area contributed by atoms with Crippen molar-refractivity contribution in [3.63, 3.8) is 0 Å². The van der Waals surface area contributed by atoms with Crippen molar-refractivity contribution >= 4 is 18.7 Å². The van der Waals surface area contributed by atoms with E-state index in [4.69, 9.17) is 18.4 Å². The van der Waals surface area contributed by atoms with Crippen molar-refractivity contribution in [3.05, 3.63) is 47.3 Å². The van der Waals surface area contributed by atoms with Crippen LogP contribution in [0.5, 0.6) is 0 Å². The smallest absolute Gasteiger partial charge is 0.327 e. The summed E-state index contributed by atoms with van der Waals surface area (Å²) in [5, 5.41) is 9.28. The van der Waals surface area contributed by atoms with E-state index >= 15 is 0 Å². The number of likely N-dealkylation sites (tertiary alicyclic amines) is 1. The standard InChI is InChI=1S/C22H29N5OS/c23-13-16-6-1-2-7-17(16)14-26-20(25-11-5-8-18(24)15-25)12-21(29)27(22(26)28)19-9-3-4-10-19/h1-2,6-7,12,18-19,21,29H,3-5,8-11,14-15,24H2/t18-,21-/m1/s1. The van der Waals surface area contributed by atoms with Crippen molar-refractivity contribution in [2.75, 3.05) is 13.1 Å². The molecule has 0 bridgehead atoms. The molecule has 0 unspecified atom stereocenters. The molecule has 2 aliphatic heterocycles. The first kappa shape index (κ1) is 20.1. The van der Waals surface area contributed by atoms with Gasteiger partial charge in [0.25, 0.3) is 0 Å². The Labute approximate surface area is 178 Å². The fourth-order valence-electron chi connectivity index (χ4n) is 4.79. The van der Waals surface area contributed by atoms with Gasteiger partial charge in [0.15, 0.2) is 0 Å². The van der Waals surface area contributed by atoms with E-state index in [0.29, 0.717) is 12.1 Å². The average molecular weight is 412 g/mol. The highest BCUT2D eigenvalue weighted by atomic mass is 32.1. The Bertz CT molecular complexity index is 829. The Balaban J connectivity index is 1.69. The molecule has 2 atom stereocenters. The van der Waals surface area contributed by atoms with Crippen LogP contribution in [0.3, 0.4) is 0 Å². The second-order valence-electron chi connectivity index (χ2n) is 8.27. The Kier molecular flexibility index (Phi) is 6.02. The summed E-state index contributed by atoms with van der Waals surface area (Å²) in [7, 11) is 0. The monoisotopic (exact) mass is 411 g/mol. The van der Waals surface area contributed by atoms with Crippen molar-refractivity contribution in [1.29, 1.82) is 5.26 Å². The normalized spacial score (nSPS) is 25.9. The van der Waals surface area contributed by atoms with Gasteiger partial charge in [0.05, 0.1) is 23.6 Å². The van der Waals surface area contributed by atoms with Crippen molar-refractivity contribution in [3.8, 4) is 6.07 Å². The number of piperidine rings is 1. The molecule has 154 valence electrons. The number of nitrogens with two attached hydrogens (primary N) is 1. The maximum Gasteiger partial charge on any atom is 0.327 e. The summed E-state index contributed by atoms with van der Waals surface area (Å²) < 4.78 is 0. The molecule has 2 N–H and O–H groups in total. The van der Waals surface area contributed by atoms with Crippen LogP contribution in [0.4, 0.5) is 4.79 Å². The summed E-state index contributed by atoms with van der Waals surface area (Å²) in [6.45, 7) is 2.00. The minimum absolute atomic E-state index is 0.0127. The zero-order valence-electron chi connectivity index (χ0n) is 16.7. The first-order chi connectivity index (χ1) is 14.1. The molecule has 4 rings (SSSR count). The molecular weight excluding hydrogens is 382 g/mol. The largest absolute Gasteiger partial charge is 0.357 e. The van der Waals surface area contributed by atoms with Crippen LogP contribution in [-0.2, 0) is 6.54 Å². The fraction of sp³-hybridized carbons (Fsp3) is 0.545. The summed E-state index contributed by atoms with van der Waals surface area (Å²) >= 11 is 4.79.